The van der Waals surface area contributed by atoms with Crippen LogP contribution in [0.1, 0.15) is 15.9 Å². The van der Waals surface area contributed by atoms with Crippen molar-refractivity contribution in [3.05, 3.63) is 59.7 Å². The van der Waals surface area contributed by atoms with Crippen LogP contribution in [0.4, 0.5) is 15.6 Å². The van der Waals surface area contributed by atoms with E-state index >= 15 is 0 Å². The van der Waals surface area contributed by atoms with Crippen LogP contribution in [0.3, 0.4) is 0 Å². The van der Waals surface area contributed by atoms with Gasteiger partial charge in [-0.05, 0) is 24.3 Å². The summed E-state index contributed by atoms with van der Waals surface area (Å²) in [5.41, 5.74) is 1.11. The second-order valence-corrected chi connectivity index (χ2v) is 5.99. The molecule has 2 aromatic carbocycles. The molecule has 0 fully saturated rings. The third kappa shape index (κ3) is 4.21. The average molecular weight is 384 g/mol. The fourth-order valence-corrected chi connectivity index (χ4v) is 2.90. The number of methoxy groups -OCH3 is 2. The number of nitrogens with zero attached hydrogens (tertiary/aromatic N) is 2. The van der Waals surface area contributed by atoms with E-state index in [1.54, 1.807) is 48.5 Å². The lowest BCUT2D eigenvalue weighted by molar-refractivity contribution is 0.103. The highest BCUT2D eigenvalue weighted by Crippen LogP contribution is 2.25. The Labute approximate surface area is 159 Å². The summed E-state index contributed by atoms with van der Waals surface area (Å²) in [7, 11) is 2.94. The largest absolute Gasteiger partial charge is 0.496 e. The number of para-hydroxylation sites is 2. The van der Waals surface area contributed by atoms with Crippen molar-refractivity contribution in [2.75, 3.05) is 24.9 Å². The van der Waals surface area contributed by atoms with Gasteiger partial charge < -0.3 is 14.8 Å². The predicted molar refractivity (Wildman–Crippen MR) is 102 cm³/mol. The van der Waals surface area contributed by atoms with Crippen molar-refractivity contribution in [2.24, 2.45) is 0 Å². The maximum atomic E-state index is 12.9. The molecule has 0 saturated heterocycles. The smallest absolute Gasteiger partial charge is 0.329 e. The standard InChI is InChI=1S/C18H16N4O4S/c1-25-14-10-6-4-8-12(14)15(23)11-7-3-5-9-13(11)19-16(24)20-18-21-17(26-2)22-27-18/h3-10H,1-2H3,(H2,19,20,21,22,24). The molecule has 0 radical (unpaired) electrons. The first-order valence-electron chi connectivity index (χ1n) is 7.85. The Bertz CT molecular complexity index is 973. The third-order valence-electron chi connectivity index (χ3n) is 3.58. The van der Waals surface area contributed by atoms with Crippen LogP contribution in [0.2, 0.25) is 0 Å². The van der Waals surface area contributed by atoms with E-state index in [1.165, 1.54) is 14.2 Å². The van der Waals surface area contributed by atoms with Crippen molar-refractivity contribution in [2.45, 2.75) is 0 Å². The van der Waals surface area contributed by atoms with Gasteiger partial charge >= 0.3 is 12.0 Å². The summed E-state index contributed by atoms with van der Waals surface area (Å²) in [5, 5.41) is 5.49. The quantitative estimate of drug-likeness (QED) is 0.631. The van der Waals surface area contributed by atoms with Crippen molar-refractivity contribution in [1.82, 2.24) is 9.36 Å². The van der Waals surface area contributed by atoms with Crippen molar-refractivity contribution >= 4 is 34.2 Å². The van der Waals surface area contributed by atoms with E-state index in [-0.39, 0.29) is 16.9 Å². The molecule has 0 saturated carbocycles. The van der Waals surface area contributed by atoms with Gasteiger partial charge in [-0.1, -0.05) is 24.3 Å². The maximum absolute atomic E-state index is 12.9. The molecule has 3 rings (SSSR count). The minimum absolute atomic E-state index is 0.169. The summed E-state index contributed by atoms with van der Waals surface area (Å²) in [6.45, 7) is 0. The Morgan fingerprint density at radius 1 is 0.926 bits per heavy atom. The Hall–Kier alpha value is -3.46. The predicted octanol–water partition coefficient (Wildman–Crippen LogP) is 3.43. The molecule has 1 heterocycles. The topological polar surface area (TPSA) is 102 Å². The minimum atomic E-state index is -0.547. The number of aromatic nitrogens is 2. The second kappa shape index (κ2) is 8.28. The molecule has 0 aliphatic heterocycles. The summed E-state index contributed by atoms with van der Waals surface area (Å²) < 4.78 is 14.0. The number of hydrogen-bond donors (Lipinski definition) is 2. The normalized spacial score (nSPS) is 10.1. The number of anilines is 2. The highest BCUT2D eigenvalue weighted by molar-refractivity contribution is 7.10. The third-order valence-corrected chi connectivity index (χ3v) is 4.20. The van der Waals surface area contributed by atoms with Gasteiger partial charge in [-0.2, -0.15) is 4.98 Å². The summed E-state index contributed by atoms with van der Waals surface area (Å²) >= 11 is 0.984. The van der Waals surface area contributed by atoms with Crippen LogP contribution in [0.25, 0.3) is 0 Å². The van der Waals surface area contributed by atoms with Gasteiger partial charge in [0.05, 0.1) is 25.5 Å². The fraction of sp³-hybridized carbons (Fsp3) is 0.111. The molecule has 9 heteroatoms. The van der Waals surface area contributed by atoms with Crippen molar-refractivity contribution in [1.29, 1.82) is 0 Å². The zero-order chi connectivity index (χ0) is 19.2. The van der Waals surface area contributed by atoms with Crippen LogP contribution < -0.4 is 20.1 Å². The molecule has 0 spiro atoms. The van der Waals surface area contributed by atoms with Gasteiger partial charge in [0.25, 0.3) is 0 Å². The molecule has 27 heavy (non-hydrogen) atoms. The van der Waals surface area contributed by atoms with Gasteiger partial charge in [-0.25, -0.2) is 4.79 Å². The first kappa shape index (κ1) is 18.3. The number of ketones is 1. The van der Waals surface area contributed by atoms with Gasteiger partial charge in [-0.3, -0.25) is 10.1 Å². The fourth-order valence-electron chi connectivity index (χ4n) is 2.36. The number of ether oxygens (including phenoxy) is 2. The van der Waals surface area contributed by atoms with Crippen molar-refractivity contribution in [3.8, 4) is 11.8 Å². The van der Waals surface area contributed by atoms with Gasteiger partial charge in [-0.15, -0.1) is 4.37 Å². The van der Waals surface area contributed by atoms with Crippen LogP contribution >= 0.6 is 11.5 Å². The zero-order valence-electron chi connectivity index (χ0n) is 14.6. The number of rotatable bonds is 6. The molecular weight excluding hydrogens is 368 g/mol. The number of carbonyl (C=O) groups excluding carboxylic acids is 2. The molecule has 0 atom stereocenters. The number of urea groups is 1. The SMILES string of the molecule is COc1nsc(NC(=O)Nc2ccccc2C(=O)c2ccccc2OC)n1. The number of carbonyl (C=O) groups is 2. The van der Waals surface area contributed by atoms with Crippen LogP contribution in [-0.4, -0.2) is 35.4 Å². The molecular formula is C18H16N4O4S. The molecule has 1 aromatic heterocycles. The molecule has 2 N–H and O–H groups in total. The van der Waals surface area contributed by atoms with Gasteiger partial charge in [0.15, 0.2) is 5.78 Å². The highest BCUT2D eigenvalue weighted by atomic mass is 32.1. The van der Waals surface area contributed by atoms with Gasteiger partial charge in [0.2, 0.25) is 5.13 Å². The van der Waals surface area contributed by atoms with E-state index in [4.69, 9.17) is 9.47 Å². The number of amides is 2. The Morgan fingerprint density at radius 2 is 1.63 bits per heavy atom. The molecule has 8 nitrogen and oxygen atoms in total. The number of benzene rings is 2. The van der Waals surface area contributed by atoms with Gasteiger partial charge in [0, 0.05) is 17.1 Å². The molecule has 0 aliphatic rings. The minimum Gasteiger partial charge on any atom is -0.496 e. The molecule has 2 amide bonds. The van der Waals surface area contributed by atoms with E-state index in [2.05, 4.69) is 20.0 Å². The molecule has 0 unspecified atom stereocenters. The van der Waals surface area contributed by atoms with Crippen molar-refractivity contribution in [3.63, 3.8) is 0 Å². The lowest BCUT2D eigenvalue weighted by atomic mass is 10.0. The first-order valence-corrected chi connectivity index (χ1v) is 8.62. The lowest BCUT2D eigenvalue weighted by Gasteiger charge is -2.12. The zero-order valence-corrected chi connectivity index (χ0v) is 15.4. The Morgan fingerprint density at radius 3 is 2.33 bits per heavy atom. The Balaban J connectivity index is 1.81. The second-order valence-electron chi connectivity index (χ2n) is 5.24. The average Bonchev–Trinajstić information content (AvgIpc) is 3.15. The summed E-state index contributed by atoms with van der Waals surface area (Å²) in [6.07, 6.45) is 0. The van der Waals surface area contributed by atoms with E-state index in [9.17, 15) is 9.59 Å². The number of nitrogens with one attached hydrogen (secondary N) is 2. The van der Waals surface area contributed by atoms with Crippen LogP contribution in [0.15, 0.2) is 48.5 Å². The maximum Gasteiger partial charge on any atom is 0.329 e. The van der Waals surface area contributed by atoms with Gasteiger partial charge in [0.1, 0.15) is 5.75 Å². The van der Waals surface area contributed by atoms with E-state index < -0.39 is 6.03 Å². The molecule has 3 aromatic rings. The summed E-state index contributed by atoms with van der Waals surface area (Å²) in [6, 6.07) is 13.3. The van der Waals surface area contributed by atoms with E-state index in [0.717, 1.165) is 11.5 Å². The first-order chi connectivity index (χ1) is 13.1. The monoisotopic (exact) mass is 384 g/mol. The molecule has 0 aliphatic carbocycles. The highest BCUT2D eigenvalue weighted by Gasteiger charge is 2.18. The van der Waals surface area contributed by atoms with Crippen molar-refractivity contribution < 1.29 is 19.1 Å². The summed E-state index contributed by atoms with van der Waals surface area (Å²) in [5.74, 6) is 0.198. The summed E-state index contributed by atoms with van der Waals surface area (Å²) in [4.78, 5) is 29.2. The Kier molecular flexibility index (Phi) is 5.62. The number of hydrogen-bond acceptors (Lipinski definition) is 7. The van der Waals surface area contributed by atoms with Crippen LogP contribution in [0, 0.1) is 0 Å². The van der Waals surface area contributed by atoms with Crippen LogP contribution in [0.5, 0.6) is 11.8 Å². The lowest BCUT2D eigenvalue weighted by Crippen LogP contribution is -2.21. The van der Waals surface area contributed by atoms with E-state index in [1.807, 2.05) is 0 Å². The van der Waals surface area contributed by atoms with Crippen LogP contribution in [-0.2, 0) is 0 Å². The molecule has 0 bridgehead atoms. The molecule has 138 valence electrons. The van der Waals surface area contributed by atoms with E-state index in [0.29, 0.717) is 22.6 Å².